The van der Waals surface area contributed by atoms with Crippen LogP contribution >= 0.6 is 11.6 Å². The highest BCUT2D eigenvalue weighted by Gasteiger charge is 2.25. The topological polar surface area (TPSA) is 83.8 Å². The third kappa shape index (κ3) is 4.93. The molecule has 0 aliphatic carbocycles. The Morgan fingerprint density at radius 1 is 1.15 bits per heavy atom. The van der Waals surface area contributed by atoms with Crippen LogP contribution in [0.2, 0.25) is 30.7 Å². The molecule has 4 aromatic rings. The van der Waals surface area contributed by atoms with E-state index in [9.17, 15) is 0 Å². The minimum absolute atomic E-state index is 0.390. The third-order valence-corrected chi connectivity index (χ3v) is 7.91. The number of benzene rings is 1. The molecule has 7 nitrogen and oxygen atoms in total. The number of hydrogen-bond acceptors (Lipinski definition) is 5. The minimum atomic E-state index is -1.19. The van der Waals surface area contributed by atoms with Crippen molar-refractivity contribution in [2.75, 3.05) is 12.3 Å². The van der Waals surface area contributed by atoms with E-state index in [1.165, 1.54) is 6.33 Å². The molecule has 3 aromatic heterocycles. The van der Waals surface area contributed by atoms with Crippen LogP contribution in [0.15, 0.2) is 30.6 Å². The molecule has 0 saturated carbocycles. The lowest BCUT2D eigenvalue weighted by Gasteiger charge is -2.16. The highest BCUT2D eigenvalue weighted by atomic mass is 35.5. The van der Waals surface area contributed by atoms with E-state index in [4.69, 9.17) is 27.2 Å². The van der Waals surface area contributed by atoms with Crippen LogP contribution in [-0.4, -0.2) is 39.0 Å². The zero-order chi connectivity index (χ0) is 23.8. The van der Waals surface area contributed by atoms with Crippen molar-refractivity contribution in [1.82, 2.24) is 24.3 Å². The van der Waals surface area contributed by atoms with E-state index in [0.29, 0.717) is 35.8 Å². The maximum absolute atomic E-state index is 6.97. The molecule has 0 spiro atoms. The Morgan fingerprint density at radius 3 is 2.64 bits per heavy atom. The van der Waals surface area contributed by atoms with Gasteiger partial charge < -0.3 is 15.0 Å². The zero-order valence-electron chi connectivity index (χ0n) is 20.1. The number of nitrogens with zero attached hydrogens (tertiary/aromatic N) is 5. The van der Waals surface area contributed by atoms with E-state index < -0.39 is 8.07 Å². The number of para-hydroxylation sites is 1. The smallest absolute Gasteiger partial charge is 0.164 e. The fourth-order valence-corrected chi connectivity index (χ4v) is 5.00. The summed E-state index contributed by atoms with van der Waals surface area (Å²) in [5.74, 6) is 0.944. The van der Waals surface area contributed by atoms with E-state index in [0.717, 1.165) is 46.6 Å². The zero-order valence-corrected chi connectivity index (χ0v) is 21.9. The molecule has 1 aromatic carbocycles. The van der Waals surface area contributed by atoms with Crippen molar-refractivity contribution >= 4 is 47.4 Å². The van der Waals surface area contributed by atoms with Crippen molar-refractivity contribution in [3.05, 3.63) is 35.6 Å². The molecule has 0 bridgehead atoms. The molecule has 0 saturated heterocycles. The third-order valence-electron chi connectivity index (χ3n) is 5.83. The van der Waals surface area contributed by atoms with Gasteiger partial charge in [-0.1, -0.05) is 63.3 Å². The molecule has 4 rings (SSSR count). The van der Waals surface area contributed by atoms with Crippen LogP contribution in [0.5, 0.6) is 0 Å². The molecule has 9 heteroatoms. The molecule has 0 amide bonds. The molecule has 0 atom stereocenters. The van der Waals surface area contributed by atoms with E-state index in [2.05, 4.69) is 54.1 Å². The lowest BCUT2D eigenvalue weighted by atomic mass is 10.1. The van der Waals surface area contributed by atoms with Gasteiger partial charge in [-0.25, -0.2) is 14.6 Å². The van der Waals surface area contributed by atoms with Gasteiger partial charge in [0.1, 0.15) is 24.6 Å². The second kappa shape index (κ2) is 9.44. The normalized spacial score (nSPS) is 12.5. The Kier molecular flexibility index (Phi) is 6.79. The minimum Gasteiger partial charge on any atom is -0.383 e. The summed E-state index contributed by atoms with van der Waals surface area (Å²) in [4.78, 5) is 8.76. The summed E-state index contributed by atoms with van der Waals surface area (Å²) in [6.45, 7) is 13.3. The first kappa shape index (κ1) is 23.7. The molecule has 176 valence electrons. The van der Waals surface area contributed by atoms with Gasteiger partial charge in [-0.05, 0) is 24.4 Å². The first-order chi connectivity index (χ1) is 15.7. The standard InChI is InChI=1S/C24H33ClN6OSi/c1-16(2)10-11-31-24-19(23(26)27-14-28-24)21(29-31)22-20(25)17-8-6-7-9-18(17)30(22)15-32-12-13-33(3,4)5/h6-9,14,16H,10-13,15H2,1-5H3,(H2,26,27,28). The summed E-state index contributed by atoms with van der Waals surface area (Å²) in [7, 11) is -1.19. The second-order valence-corrected chi connectivity index (χ2v) is 16.2. The highest BCUT2D eigenvalue weighted by molar-refractivity contribution is 6.76. The maximum atomic E-state index is 6.97. The van der Waals surface area contributed by atoms with E-state index in [1.54, 1.807) is 0 Å². The summed E-state index contributed by atoms with van der Waals surface area (Å²) in [6, 6.07) is 9.19. The number of aromatic nitrogens is 5. The fraction of sp³-hybridized carbons (Fsp3) is 0.458. The number of halogens is 1. The number of aryl methyl sites for hydroxylation is 1. The molecule has 0 radical (unpaired) electrons. The number of anilines is 1. The van der Waals surface area contributed by atoms with Crippen LogP contribution in [0.3, 0.4) is 0 Å². The molecule has 0 unspecified atom stereocenters. The lowest BCUT2D eigenvalue weighted by Crippen LogP contribution is -2.22. The van der Waals surface area contributed by atoms with Crippen LogP contribution in [0.25, 0.3) is 33.3 Å². The van der Waals surface area contributed by atoms with Gasteiger partial charge in [-0.3, -0.25) is 0 Å². The number of hydrogen-bond donors (Lipinski definition) is 1. The van der Waals surface area contributed by atoms with Crippen molar-refractivity contribution in [3.63, 3.8) is 0 Å². The van der Waals surface area contributed by atoms with Crippen molar-refractivity contribution in [2.24, 2.45) is 5.92 Å². The molecular weight excluding hydrogens is 452 g/mol. The largest absolute Gasteiger partial charge is 0.383 e. The summed E-state index contributed by atoms with van der Waals surface area (Å²) >= 11 is 6.97. The van der Waals surface area contributed by atoms with Gasteiger partial charge in [-0.15, -0.1) is 0 Å². The van der Waals surface area contributed by atoms with Crippen LogP contribution in [0.1, 0.15) is 20.3 Å². The van der Waals surface area contributed by atoms with Crippen molar-refractivity contribution in [1.29, 1.82) is 0 Å². The van der Waals surface area contributed by atoms with Gasteiger partial charge >= 0.3 is 0 Å². The van der Waals surface area contributed by atoms with E-state index >= 15 is 0 Å². The summed E-state index contributed by atoms with van der Waals surface area (Å²) < 4.78 is 10.2. The molecule has 0 fully saturated rings. The van der Waals surface area contributed by atoms with Crippen molar-refractivity contribution in [2.45, 2.75) is 59.2 Å². The Balaban J connectivity index is 1.85. The van der Waals surface area contributed by atoms with Gasteiger partial charge in [0.2, 0.25) is 0 Å². The Morgan fingerprint density at radius 2 is 1.91 bits per heavy atom. The Bertz CT molecular complexity index is 1270. The van der Waals surface area contributed by atoms with Crippen molar-refractivity contribution in [3.8, 4) is 11.4 Å². The Labute approximate surface area is 200 Å². The van der Waals surface area contributed by atoms with Gasteiger partial charge in [0.05, 0.1) is 21.6 Å². The van der Waals surface area contributed by atoms with Gasteiger partial charge in [-0.2, -0.15) is 5.10 Å². The quantitative estimate of drug-likeness (QED) is 0.231. The van der Waals surface area contributed by atoms with Crippen LogP contribution in [-0.2, 0) is 18.0 Å². The van der Waals surface area contributed by atoms with Gasteiger partial charge in [0.15, 0.2) is 5.65 Å². The SMILES string of the molecule is CC(C)CCn1nc(-c2c(Cl)c3ccccc3n2COCC[Si](C)(C)C)c2c(N)ncnc21. The van der Waals surface area contributed by atoms with Gasteiger partial charge in [0.25, 0.3) is 0 Å². The Hall–Kier alpha value is -2.42. The summed E-state index contributed by atoms with van der Waals surface area (Å²) in [5.41, 5.74) is 9.57. The predicted molar refractivity (Wildman–Crippen MR) is 139 cm³/mol. The lowest BCUT2D eigenvalue weighted by molar-refractivity contribution is 0.0912. The number of nitrogen functional groups attached to an aromatic ring is 1. The molecule has 0 aliphatic heterocycles. The number of rotatable bonds is 9. The van der Waals surface area contributed by atoms with Crippen LogP contribution in [0.4, 0.5) is 5.82 Å². The molecule has 33 heavy (non-hydrogen) atoms. The van der Waals surface area contributed by atoms with E-state index in [-0.39, 0.29) is 0 Å². The second-order valence-electron chi connectivity index (χ2n) is 10.2. The predicted octanol–water partition coefficient (Wildman–Crippen LogP) is 6.04. The molecule has 0 aliphatic rings. The fourth-order valence-electron chi connectivity index (χ4n) is 3.89. The number of fused-ring (bicyclic) bond motifs is 2. The monoisotopic (exact) mass is 484 g/mol. The average molecular weight is 485 g/mol. The first-order valence-corrected chi connectivity index (χ1v) is 15.6. The van der Waals surface area contributed by atoms with Crippen molar-refractivity contribution < 1.29 is 4.74 Å². The first-order valence-electron chi connectivity index (χ1n) is 11.5. The summed E-state index contributed by atoms with van der Waals surface area (Å²) in [6.07, 6.45) is 2.47. The van der Waals surface area contributed by atoms with Crippen LogP contribution < -0.4 is 5.73 Å². The van der Waals surface area contributed by atoms with E-state index in [1.807, 2.05) is 22.9 Å². The van der Waals surface area contributed by atoms with Crippen LogP contribution in [0, 0.1) is 5.92 Å². The summed E-state index contributed by atoms with van der Waals surface area (Å²) in [5, 5.41) is 7.29. The number of ether oxygens (including phenoxy) is 1. The van der Waals surface area contributed by atoms with Gasteiger partial charge in [0, 0.05) is 26.6 Å². The molecule has 3 heterocycles. The maximum Gasteiger partial charge on any atom is 0.164 e. The number of nitrogens with two attached hydrogens (primary N) is 1. The average Bonchev–Trinajstić information content (AvgIpc) is 3.25. The molecular formula is C24H33ClN6OSi. The molecule has 2 N–H and O–H groups in total. The highest BCUT2D eigenvalue weighted by Crippen LogP contribution is 2.40.